The van der Waals surface area contributed by atoms with Crippen LogP contribution in [0, 0.1) is 6.92 Å². The first-order valence-corrected chi connectivity index (χ1v) is 26.1. The second kappa shape index (κ2) is 14.7. The van der Waals surface area contributed by atoms with E-state index in [0.29, 0.717) is 0 Å². The SMILES string of the molecule is Cc1cc2c(cc1N1c3ccc4c(oc5ccccc54)c3Bc3c(-c4cc5c(cc4Nc4ccc6c(c4)C(C)(C)CCC6(C)C)C(C)(C)CCC5(C)C)cc4ccccc4c31)C(C)(C)CCC2(C)C. The fourth-order valence-electron chi connectivity index (χ4n) is 13.5. The van der Waals surface area contributed by atoms with Gasteiger partial charge in [-0.25, -0.2) is 0 Å². The molecule has 0 radical (unpaired) electrons. The molecule has 1 aliphatic heterocycles. The molecule has 3 aliphatic carbocycles. The van der Waals surface area contributed by atoms with Gasteiger partial charge in [-0.05, 0) is 193 Å². The molecule has 0 atom stereocenters. The van der Waals surface area contributed by atoms with E-state index in [1.807, 2.05) is 0 Å². The van der Waals surface area contributed by atoms with E-state index in [0.717, 1.165) is 43.4 Å². The molecule has 12 rings (SSSR count). The van der Waals surface area contributed by atoms with E-state index in [2.05, 4.69) is 209 Å². The summed E-state index contributed by atoms with van der Waals surface area (Å²) in [6.07, 6.45) is 7.05. The Morgan fingerprint density at radius 3 is 1.68 bits per heavy atom. The normalized spacial score (nSPS) is 19.8. The van der Waals surface area contributed by atoms with Crippen LogP contribution in [0.2, 0.25) is 0 Å². The van der Waals surface area contributed by atoms with Crippen molar-refractivity contribution in [1.82, 2.24) is 0 Å². The third-order valence-corrected chi connectivity index (χ3v) is 18.4. The first-order chi connectivity index (χ1) is 32.5. The maximum Gasteiger partial charge on any atom is 0.203 e. The standard InChI is InChI=1S/C65H71BN2O/c1-38-32-47-51(65(12,13)31-28-61(47,4)5)37-54(38)68-53-25-23-43-42-20-16-17-21-55(42)69-59(43)57(53)66-56-45(33-39-18-14-15-19-41(39)58(56)68)44-35-49-50(64(10,11)30-29-63(49,8)9)36-52(44)67-40-22-24-46-48(34-40)62(6,7)27-26-60(46,2)3/h14-25,32-37,66-67H,26-31H2,1-13H3. The highest BCUT2D eigenvalue weighted by Crippen LogP contribution is 2.54. The Labute approximate surface area is 412 Å². The largest absolute Gasteiger partial charge is 0.457 e. The van der Waals surface area contributed by atoms with Crippen LogP contribution in [-0.4, -0.2) is 7.28 Å². The van der Waals surface area contributed by atoms with E-state index in [9.17, 15) is 0 Å². The summed E-state index contributed by atoms with van der Waals surface area (Å²) in [7, 11) is 0.745. The first kappa shape index (κ1) is 44.5. The Morgan fingerprint density at radius 1 is 0.464 bits per heavy atom. The second-order valence-corrected chi connectivity index (χ2v) is 25.8. The van der Waals surface area contributed by atoms with Gasteiger partial charge in [0.05, 0.1) is 0 Å². The number of fused-ring (bicyclic) bond motifs is 11. The van der Waals surface area contributed by atoms with Gasteiger partial charge in [0.15, 0.2) is 0 Å². The fourth-order valence-corrected chi connectivity index (χ4v) is 13.5. The number of anilines is 5. The summed E-state index contributed by atoms with van der Waals surface area (Å²) in [6, 6.07) is 42.6. The van der Waals surface area contributed by atoms with Crippen LogP contribution >= 0.6 is 0 Å². The Hall–Kier alpha value is -5.74. The summed E-state index contributed by atoms with van der Waals surface area (Å²) in [5.74, 6) is 0. The zero-order chi connectivity index (χ0) is 48.4. The van der Waals surface area contributed by atoms with Gasteiger partial charge >= 0.3 is 0 Å². The molecule has 0 spiro atoms. The van der Waals surface area contributed by atoms with Crippen LogP contribution in [0.1, 0.15) is 161 Å². The van der Waals surface area contributed by atoms with Crippen LogP contribution in [-0.2, 0) is 32.5 Å². The molecule has 4 aliphatic rings. The van der Waals surface area contributed by atoms with Crippen LogP contribution in [0.15, 0.2) is 114 Å². The van der Waals surface area contributed by atoms with Gasteiger partial charge in [-0.3, -0.25) is 0 Å². The molecule has 0 amide bonds. The average Bonchev–Trinajstić information content (AvgIpc) is 3.69. The zero-order valence-corrected chi connectivity index (χ0v) is 43.7. The highest BCUT2D eigenvalue weighted by atomic mass is 16.3. The number of furan rings is 1. The highest BCUT2D eigenvalue weighted by Gasteiger charge is 2.42. The van der Waals surface area contributed by atoms with Crippen molar-refractivity contribution >= 4 is 79.4 Å². The van der Waals surface area contributed by atoms with Gasteiger partial charge in [0.2, 0.25) is 7.28 Å². The molecule has 1 aromatic heterocycles. The molecular weight excluding hydrogens is 836 g/mol. The fraction of sp³-hybridized carbons (Fsp3) is 0.385. The number of para-hydroxylation sites is 1. The predicted molar refractivity (Wildman–Crippen MR) is 298 cm³/mol. The van der Waals surface area contributed by atoms with Crippen molar-refractivity contribution in [1.29, 1.82) is 0 Å². The molecule has 7 aromatic carbocycles. The third-order valence-electron chi connectivity index (χ3n) is 18.4. The molecule has 0 saturated heterocycles. The van der Waals surface area contributed by atoms with Crippen molar-refractivity contribution in [3.05, 3.63) is 148 Å². The molecule has 2 heterocycles. The molecule has 1 N–H and O–H groups in total. The molecular formula is C65H71BN2O. The van der Waals surface area contributed by atoms with Crippen molar-refractivity contribution in [2.24, 2.45) is 0 Å². The van der Waals surface area contributed by atoms with Gasteiger partial charge in [-0.1, -0.05) is 138 Å². The Morgan fingerprint density at radius 2 is 1.01 bits per heavy atom. The van der Waals surface area contributed by atoms with Crippen molar-refractivity contribution < 1.29 is 4.42 Å². The molecule has 0 saturated carbocycles. The highest BCUT2D eigenvalue weighted by molar-refractivity contribution is 6.76. The molecule has 0 bridgehead atoms. The summed E-state index contributed by atoms with van der Waals surface area (Å²) in [6.45, 7) is 31.8. The summed E-state index contributed by atoms with van der Waals surface area (Å²) in [4.78, 5) is 2.66. The van der Waals surface area contributed by atoms with Gasteiger partial charge in [-0.2, -0.15) is 0 Å². The van der Waals surface area contributed by atoms with Crippen LogP contribution in [0.3, 0.4) is 0 Å². The van der Waals surface area contributed by atoms with E-state index >= 15 is 0 Å². The number of nitrogens with one attached hydrogen (secondary N) is 1. The van der Waals surface area contributed by atoms with Crippen molar-refractivity contribution in [3.8, 4) is 11.1 Å². The molecule has 0 unspecified atom stereocenters. The summed E-state index contributed by atoms with van der Waals surface area (Å²) >= 11 is 0. The smallest absolute Gasteiger partial charge is 0.203 e. The zero-order valence-electron chi connectivity index (χ0n) is 43.7. The van der Waals surface area contributed by atoms with Crippen molar-refractivity contribution in [3.63, 3.8) is 0 Å². The van der Waals surface area contributed by atoms with Crippen molar-refractivity contribution in [2.75, 3.05) is 10.2 Å². The van der Waals surface area contributed by atoms with Gasteiger partial charge in [0, 0.05) is 50.2 Å². The molecule has 0 fully saturated rings. The molecule has 3 nitrogen and oxygen atoms in total. The minimum absolute atomic E-state index is 0.0242. The van der Waals surface area contributed by atoms with Crippen LogP contribution in [0.25, 0.3) is 43.8 Å². The molecule has 4 heteroatoms. The predicted octanol–water partition coefficient (Wildman–Crippen LogP) is 16.7. The summed E-state index contributed by atoms with van der Waals surface area (Å²) in [5, 5.41) is 9.07. The monoisotopic (exact) mass is 907 g/mol. The van der Waals surface area contributed by atoms with Crippen LogP contribution in [0.5, 0.6) is 0 Å². The van der Waals surface area contributed by atoms with E-state index in [-0.39, 0.29) is 32.5 Å². The first-order valence-electron chi connectivity index (χ1n) is 26.1. The lowest BCUT2D eigenvalue weighted by Crippen LogP contribution is -2.42. The minimum atomic E-state index is 0.0242. The Bertz CT molecular complexity index is 3480. The van der Waals surface area contributed by atoms with E-state index in [1.54, 1.807) is 0 Å². The Kier molecular flexibility index (Phi) is 9.45. The van der Waals surface area contributed by atoms with E-state index in [4.69, 9.17) is 4.42 Å². The number of hydrogen-bond acceptors (Lipinski definition) is 3. The molecule has 8 aromatic rings. The van der Waals surface area contributed by atoms with Crippen LogP contribution in [0.4, 0.5) is 28.4 Å². The summed E-state index contributed by atoms with van der Waals surface area (Å²) in [5.41, 5.74) is 23.8. The second-order valence-electron chi connectivity index (χ2n) is 25.8. The molecule has 350 valence electrons. The number of nitrogens with zero attached hydrogens (tertiary/aromatic N) is 1. The van der Waals surface area contributed by atoms with E-state index in [1.165, 1.54) is 125 Å². The van der Waals surface area contributed by atoms with Crippen LogP contribution < -0.4 is 21.1 Å². The minimum Gasteiger partial charge on any atom is -0.457 e. The van der Waals surface area contributed by atoms with E-state index < -0.39 is 0 Å². The number of rotatable bonds is 4. The molecule has 69 heavy (non-hydrogen) atoms. The lowest BCUT2D eigenvalue weighted by atomic mass is 9.56. The van der Waals surface area contributed by atoms with Gasteiger partial charge in [0.1, 0.15) is 11.2 Å². The van der Waals surface area contributed by atoms with Gasteiger partial charge in [-0.15, -0.1) is 0 Å². The number of benzene rings is 7. The average molecular weight is 907 g/mol. The summed E-state index contributed by atoms with van der Waals surface area (Å²) < 4.78 is 7.03. The maximum absolute atomic E-state index is 7.03. The quantitative estimate of drug-likeness (QED) is 0.178. The Balaban J connectivity index is 1.17. The lowest BCUT2D eigenvalue weighted by Gasteiger charge is -2.44. The third kappa shape index (κ3) is 6.73. The van der Waals surface area contributed by atoms with Crippen molar-refractivity contribution in [2.45, 2.75) is 161 Å². The van der Waals surface area contributed by atoms with Gasteiger partial charge < -0.3 is 14.6 Å². The maximum atomic E-state index is 7.03. The van der Waals surface area contributed by atoms with Gasteiger partial charge in [0.25, 0.3) is 0 Å². The topological polar surface area (TPSA) is 28.4 Å². The number of hydrogen-bond donors (Lipinski definition) is 1. The lowest BCUT2D eigenvalue weighted by molar-refractivity contribution is 0.332. The number of aryl methyl sites for hydroxylation is 1.